The lowest BCUT2D eigenvalue weighted by Crippen LogP contribution is -2.58. The lowest BCUT2D eigenvalue weighted by molar-refractivity contribution is -0.122. The number of hydrogen-bond donors (Lipinski definition) is 3. The predicted molar refractivity (Wildman–Crippen MR) is 112 cm³/mol. The Morgan fingerprint density at radius 2 is 1.85 bits per heavy atom. The molecule has 6 nitrogen and oxygen atoms in total. The zero-order chi connectivity index (χ0) is 19.8. The average Bonchev–Trinajstić information content (AvgIpc) is 2.84. The van der Waals surface area contributed by atoms with E-state index in [-0.39, 0.29) is 28.6 Å². The van der Waals surface area contributed by atoms with E-state index in [1.807, 2.05) is 0 Å². The van der Waals surface area contributed by atoms with Gasteiger partial charge in [0.05, 0.1) is 11.5 Å². The molecular formula is C15H26Cl3N3O3S2. The summed E-state index contributed by atoms with van der Waals surface area (Å²) in [6, 6.07) is -0.287. The van der Waals surface area contributed by atoms with Crippen molar-refractivity contribution in [2.24, 2.45) is 0 Å². The number of carbonyl (C=O) groups is 1. The number of halogens is 3. The first kappa shape index (κ1) is 24.0. The molecule has 1 aliphatic rings. The minimum Gasteiger partial charge on any atom is -0.359 e. The number of nitrogens with one attached hydrogen (secondary N) is 3. The smallest absolute Gasteiger partial charge is 0.228 e. The first-order chi connectivity index (χ1) is 12.0. The van der Waals surface area contributed by atoms with Crippen LogP contribution in [0.3, 0.4) is 0 Å². The molecule has 1 saturated heterocycles. The summed E-state index contributed by atoms with van der Waals surface area (Å²) in [5.74, 6) is -0.107. The van der Waals surface area contributed by atoms with Crippen molar-refractivity contribution in [2.75, 3.05) is 11.5 Å². The average molecular weight is 467 g/mol. The molecule has 0 radical (unpaired) electrons. The predicted octanol–water partition coefficient (Wildman–Crippen LogP) is 2.81. The maximum atomic E-state index is 12.1. The van der Waals surface area contributed by atoms with E-state index in [1.54, 1.807) is 0 Å². The second-order valence-corrected chi connectivity index (χ2v) is 11.4. The van der Waals surface area contributed by atoms with Gasteiger partial charge >= 0.3 is 0 Å². The van der Waals surface area contributed by atoms with Gasteiger partial charge in [-0.3, -0.25) is 4.79 Å². The normalized spacial score (nSPS) is 20.4. The fraction of sp³-hybridized carbons (Fsp3) is 0.867. The Balaban J connectivity index is 2.46. The molecule has 11 heteroatoms. The fourth-order valence-electron chi connectivity index (χ4n) is 2.59. The van der Waals surface area contributed by atoms with Gasteiger partial charge in [-0.15, -0.1) is 0 Å². The highest BCUT2D eigenvalue weighted by molar-refractivity contribution is 7.91. The molecule has 0 aromatic carbocycles. The lowest BCUT2D eigenvalue weighted by atomic mass is 10.1. The highest BCUT2D eigenvalue weighted by Gasteiger charge is 2.35. The first-order valence-electron chi connectivity index (χ1n) is 8.67. The van der Waals surface area contributed by atoms with E-state index in [9.17, 15) is 13.2 Å². The Bertz CT molecular complexity index is 582. The van der Waals surface area contributed by atoms with Crippen LogP contribution >= 0.6 is 47.0 Å². The van der Waals surface area contributed by atoms with Crippen molar-refractivity contribution in [3.63, 3.8) is 0 Å². The van der Waals surface area contributed by atoms with Crippen molar-refractivity contribution in [1.82, 2.24) is 16.0 Å². The van der Waals surface area contributed by atoms with Crippen LogP contribution in [0.4, 0.5) is 0 Å². The van der Waals surface area contributed by atoms with Gasteiger partial charge in [0.2, 0.25) is 9.70 Å². The number of alkyl halides is 3. The summed E-state index contributed by atoms with van der Waals surface area (Å²) >= 11 is 22.9. The van der Waals surface area contributed by atoms with E-state index in [1.165, 1.54) is 0 Å². The van der Waals surface area contributed by atoms with E-state index in [0.29, 0.717) is 12.8 Å². The van der Waals surface area contributed by atoms with Gasteiger partial charge in [-0.1, -0.05) is 67.4 Å². The van der Waals surface area contributed by atoms with Crippen LogP contribution in [0, 0.1) is 0 Å². The largest absolute Gasteiger partial charge is 0.359 e. The molecule has 1 aliphatic heterocycles. The highest BCUT2D eigenvalue weighted by Crippen LogP contribution is 2.29. The van der Waals surface area contributed by atoms with Crippen molar-refractivity contribution < 1.29 is 13.2 Å². The Kier molecular flexibility index (Phi) is 10.3. The second kappa shape index (κ2) is 11.1. The number of amides is 1. The monoisotopic (exact) mass is 465 g/mol. The third kappa shape index (κ3) is 9.78. The van der Waals surface area contributed by atoms with Crippen LogP contribution in [0.25, 0.3) is 0 Å². The molecule has 3 N–H and O–H groups in total. The molecule has 1 amide bonds. The molecule has 0 unspecified atom stereocenters. The summed E-state index contributed by atoms with van der Waals surface area (Å²) in [4.78, 5) is 12.1. The molecule has 1 rings (SSSR count). The summed E-state index contributed by atoms with van der Waals surface area (Å²) in [5, 5.41) is 8.40. The number of carbonyl (C=O) groups excluding carboxylic acids is 1. The zero-order valence-electron chi connectivity index (χ0n) is 14.7. The topological polar surface area (TPSA) is 87.3 Å². The molecule has 0 aliphatic carbocycles. The van der Waals surface area contributed by atoms with Gasteiger partial charge in [-0.2, -0.15) is 0 Å². The molecule has 26 heavy (non-hydrogen) atoms. The molecule has 0 bridgehead atoms. The van der Waals surface area contributed by atoms with Gasteiger partial charge < -0.3 is 16.0 Å². The summed E-state index contributed by atoms with van der Waals surface area (Å²) in [7, 11) is -3.03. The third-order valence-corrected chi connectivity index (χ3v) is 6.64. The maximum absolute atomic E-state index is 12.1. The van der Waals surface area contributed by atoms with Crippen molar-refractivity contribution in [3.8, 4) is 0 Å². The number of rotatable bonds is 9. The van der Waals surface area contributed by atoms with Crippen molar-refractivity contribution in [3.05, 3.63) is 0 Å². The Morgan fingerprint density at radius 3 is 2.38 bits per heavy atom. The molecule has 1 fully saturated rings. The fourth-order valence-corrected chi connectivity index (χ4v) is 4.87. The molecular weight excluding hydrogens is 441 g/mol. The molecule has 1 heterocycles. The standard InChI is InChI=1S/C15H26Cl3N3O3S2/c1-2-3-4-5-6-7-12(22)20-13(15(16,17)18)21-14(25)19-11-8-9-26(23,24)10-11/h11,13H,2-10H2,1H3,(H,20,22)(H2,19,21,25)/t11-,13+/m0/s1. The summed E-state index contributed by atoms with van der Waals surface area (Å²) in [6.07, 6.45) is 4.90. The van der Waals surface area contributed by atoms with E-state index in [4.69, 9.17) is 47.0 Å². The van der Waals surface area contributed by atoms with E-state index >= 15 is 0 Å². The van der Waals surface area contributed by atoms with Crippen molar-refractivity contribution >= 4 is 67.9 Å². The van der Waals surface area contributed by atoms with Crippen LogP contribution < -0.4 is 16.0 Å². The lowest BCUT2D eigenvalue weighted by Gasteiger charge is -2.28. The third-order valence-electron chi connectivity index (χ3n) is 3.98. The van der Waals surface area contributed by atoms with Gasteiger partial charge in [0.25, 0.3) is 0 Å². The van der Waals surface area contributed by atoms with E-state index in [2.05, 4.69) is 22.9 Å². The minimum atomic E-state index is -3.03. The molecule has 0 spiro atoms. The van der Waals surface area contributed by atoms with Crippen LogP contribution in [0.2, 0.25) is 0 Å². The van der Waals surface area contributed by atoms with Gasteiger partial charge in [-0.25, -0.2) is 8.42 Å². The SMILES string of the molecule is CCCCCCCC(=O)N[C@H](NC(=S)N[C@H]1CCS(=O)(=O)C1)C(Cl)(Cl)Cl. The van der Waals surface area contributed by atoms with Crippen LogP contribution in [0.1, 0.15) is 51.9 Å². The zero-order valence-corrected chi connectivity index (χ0v) is 18.6. The van der Waals surface area contributed by atoms with Gasteiger partial charge in [0.1, 0.15) is 6.17 Å². The molecule has 2 atom stereocenters. The Labute approximate surface area is 176 Å². The molecule has 0 aromatic heterocycles. The van der Waals surface area contributed by atoms with Crippen LogP contribution in [0.15, 0.2) is 0 Å². The summed E-state index contributed by atoms with van der Waals surface area (Å²) in [5.41, 5.74) is 0. The maximum Gasteiger partial charge on any atom is 0.228 e. The van der Waals surface area contributed by atoms with Crippen molar-refractivity contribution in [2.45, 2.75) is 67.9 Å². The molecule has 152 valence electrons. The highest BCUT2D eigenvalue weighted by atomic mass is 35.6. The number of thiocarbonyl (C=S) groups is 1. The van der Waals surface area contributed by atoms with E-state index < -0.39 is 19.8 Å². The Morgan fingerprint density at radius 1 is 1.19 bits per heavy atom. The van der Waals surface area contributed by atoms with Gasteiger partial charge in [0, 0.05) is 12.5 Å². The van der Waals surface area contributed by atoms with E-state index in [0.717, 1.165) is 32.1 Å². The first-order valence-corrected chi connectivity index (χ1v) is 12.0. The minimum absolute atomic E-state index is 0.0113. The van der Waals surface area contributed by atoms with Crippen molar-refractivity contribution in [1.29, 1.82) is 0 Å². The summed E-state index contributed by atoms with van der Waals surface area (Å²) in [6.45, 7) is 2.13. The number of sulfone groups is 1. The van der Waals surface area contributed by atoms with Crippen LogP contribution in [-0.2, 0) is 14.6 Å². The van der Waals surface area contributed by atoms with Crippen LogP contribution in [0.5, 0.6) is 0 Å². The molecule has 0 saturated carbocycles. The molecule has 0 aromatic rings. The quantitative estimate of drug-likeness (QED) is 0.210. The number of unbranched alkanes of at least 4 members (excludes halogenated alkanes) is 4. The van der Waals surface area contributed by atoms with Gasteiger partial charge in [0.15, 0.2) is 14.9 Å². The summed E-state index contributed by atoms with van der Waals surface area (Å²) < 4.78 is 21.2. The Hall–Kier alpha value is -0.0200. The number of hydrogen-bond acceptors (Lipinski definition) is 4. The second-order valence-electron chi connectivity index (χ2n) is 6.42. The van der Waals surface area contributed by atoms with Gasteiger partial charge in [-0.05, 0) is 25.1 Å². The van der Waals surface area contributed by atoms with Crippen LogP contribution in [-0.4, -0.2) is 46.9 Å².